The lowest BCUT2D eigenvalue weighted by atomic mass is 10.2. The van der Waals surface area contributed by atoms with Gasteiger partial charge < -0.3 is 11.1 Å². The molecule has 0 aliphatic heterocycles. The Morgan fingerprint density at radius 1 is 1.44 bits per heavy atom. The van der Waals surface area contributed by atoms with Gasteiger partial charge in [-0.3, -0.25) is 4.68 Å². The second-order valence-electron chi connectivity index (χ2n) is 3.86. The number of rotatable bonds is 3. The van der Waals surface area contributed by atoms with Gasteiger partial charge in [0.15, 0.2) is 0 Å². The second kappa shape index (κ2) is 4.26. The molecule has 0 saturated carbocycles. The molecule has 3 N–H and O–H groups in total. The maximum atomic E-state index is 5.71. The molecular formula is C12H16N4. The van der Waals surface area contributed by atoms with Crippen molar-refractivity contribution in [2.45, 2.75) is 13.5 Å². The van der Waals surface area contributed by atoms with Gasteiger partial charge in [-0.2, -0.15) is 5.10 Å². The van der Waals surface area contributed by atoms with Crippen molar-refractivity contribution in [2.75, 3.05) is 11.1 Å². The SMILES string of the molecule is Cc1c(CNc2cccc(N)c2)cnn1C. The number of nitrogens with zero attached hydrogens (tertiary/aromatic N) is 2. The van der Waals surface area contributed by atoms with E-state index in [1.54, 1.807) is 0 Å². The van der Waals surface area contributed by atoms with Gasteiger partial charge >= 0.3 is 0 Å². The molecule has 0 radical (unpaired) electrons. The molecule has 0 bridgehead atoms. The molecule has 1 heterocycles. The summed E-state index contributed by atoms with van der Waals surface area (Å²) in [5, 5.41) is 7.52. The maximum Gasteiger partial charge on any atom is 0.0542 e. The Morgan fingerprint density at radius 3 is 2.88 bits per heavy atom. The molecular weight excluding hydrogens is 200 g/mol. The first-order valence-electron chi connectivity index (χ1n) is 5.23. The van der Waals surface area contributed by atoms with E-state index >= 15 is 0 Å². The lowest BCUT2D eigenvalue weighted by Crippen LogP contribution is -2.01. The first kappa shape index (κ1) is 10.5. The molecule has 2 aromatic rings. The lowest BCUT2D eigenvalue weighted by Gasteiger charge is -2.06. The van der Waals surface area contributed by atoms with Crippen molar-refractivity contribution < 1.29 is 0 Å². The fraction of sp³-hybridized carbons (Fsp3) is 0.250. The number of nitrogen functional groups attached to an aromatic ring is 1. The second-order valence-corrected chi connectivity index (χ2v) is 3.86. The number of aryl methyl sites for hydroxylation is 1. The molecule has 1 aromatic carbocycles. The van der Waals surface area contributed by atoms with Crippen LogP contribution in [0.4, 0.5) is 11.4 Å². The van der Waals surface area contributed by atoms with Crippen LogP contribution in [-0.2, 0) is 13.6 Å². The summed E-state index contributed by atoms with van der Waals surface area (Å²) < 4.78 is 1.87. The number of hydrogen-bond donors (Lipinski definition) is 2. The molecule has 0 fully saturated rings. The van der Waals surface area contributed by atoms with E-state index in [0.29, 0.717) is 0 Å². The molecule has 4 heteroatoms. The van der Waals surface area contributed by atoms with Crippen molar-refractivity contribution in [3.8, 4) is 0 Å². The summed E-state index contributed by atoms with van der Waals surface area (Å²) in [4.78, 5) is 0. The number of aromatic nitrogens is 2. The molecule has 4 nitrogen and oxygen atoms in total. The van der Waals surface area contributed by atoms with Crippen LogP contribution >= 0.6 is 0 Å². The van der Waals surface area contributed by atoms with E-state index in [-0.39, 0.29) is 0 Å². The van der Waals surface area contributed by atoms with E-state index in [9.17, 15) is 0 Å². The molecule has 0 atom stereocenters. The highest BCUT2D eigenvalue weighted by atomic mass is 15.3. The van der Waals surface area contributed by atoms with Crippen molar-refractivity contribution in [1.29, 1.82) is 0 Å². The highest BCUT2D eigenvalue weighted by Crippen LogP contribution is 2.14. The van der Waals surface area contributed by atoms with Crippen molar-refractivity contribution >= 4 is 11.4 Å². The Bertz CT molecular complexity index is 488. The van der Waals surface area contributed by atoms with Crippen LogP contribution in [0.5, 0.6) is 0 Å². The van der Waals surface area contributed by atoms with E-state index in [2.05, 4.69) is 17.3 Å². The lowest BCUT2D eigenvalue weighted by molar-refractivity contribution is 0.738. The molecule has 2 rings (SSSR count). The van der Waals surface area contributed by atoms with Crippen molar-refractivity contribution in [2.24, 2.45) is 7.05 Å². The van der Waals surface area contributed by atoms with Crippen LogP contribution in [0.25, 0.3) is 0 Å². The molecule has 1 aromatic heterocycles. The number of nitrogens with one attached hydrogen (secondary N) is 1. The molecule has 0 unspecified atom stereocenters. The Kier molecular flexibility index (Phi) is 2.81. The van der Waals surface area contributed by atoms with E-state index in [0.717, 1.165) is 17.9 Å². The van der Waals surface area contributed by atoms with E-state index in [1.165, 1.54) is 11.3 Å². The van der Waals surface area contributed by atoms with Gasteiger partial charge in [-0.25, -0.2) is 0 Å². The normalized spacial score (nSPS) is 10.4. The Labute approximate surface area is 95.1 Å². The third-order valence-corrected chi connectivity index (χ3v) is 2.71. The summed E-state index contributed by atoms with van der Waals surface area (Å²) >= 11 is 0. The van der Waals surface area contributed by atoms with Crippen molar-refractivity contribution in [3.63, 3.8) is 0 Å². The van der Waals surface area contributed by atoms with Crippen LogP contribution in [0.3, 0.4) is 0 Å². The maximum absolute atomic E-state index is 5.71. The van der Waals surface area contributed by atoms with Gasteiger partial charge in [0.2, 0.25) is 0 Å². The number of anilines is 2. The van der Waals surface area contributed by atoms with E-state index in [1.807, 2.05) is 42.2 Å². The summed E-state index contributed by atoms with van der Waals surface area (Å²) in [7, 11) is 1.94. The predicted molar refractivity (Wildman–Crippen MR) is 66.1 cm³/mol. The zero-order chi connectivity index (χ0) is 11.5. The molecule has 16 heavy (non-hydrogen) atoms. The van der Waals surface area contributed by atoms with E-state index < -0.39 is 0 Å². The highest BCUT2D eigenvalue weighted by molar-refractivity contribution is 5.54. The van der Waals surface area contributed by atoms with Gasteiger partial charge in [0, 0.05) is 36.2 Å². The minimum absolute atomic E-state index is 0.767. The van der Waals surface area contributed by atoms with Crippen LogP contribution in [0.15, 0.2) is 30.5 Å². The quantitative estimate of drug-likeness (QED) is 0.771. The zero-order valence-electron chi connectivity index (χ0n) is 9.57. The van der Waals surface area contributed by atoms with E-state index in [4.69, 9.17) is 5.73 Å². The summed E-state index contributed by atoms with van der Waals surface area (Å²) in [5.74, 6) is 0. The smallest absolute Gasteiger partial charge is 0.0542 e. The fourth-order valence-electron chi connectivity index (χ4n) is 1.56. The van der Waals surface area contributed by atoms with Crippen LogP contribution in [-0.4, -0.2) is 9.78 Å². The van der Waals surface area contributed by atoms with Gasteiger partial charge in [0.25, 0.3) is 0 Å². The molecule has 0 amide bonds. The molecule has 84 valence electrons. The van der Waals surface area contributed by atoms with Crippen LogP contribution in [0.2, 0.25) is 0 Å². The topological polar surface area (TPSA) is 55.9 Å². The fourth-order valence-corrected chi connectivity index (χ4v) is 1.56. The minimum Gasteiger partial charge on any atom is -0.399 e. The minimum atomic E-state index is 0.767. The summed E-state index contributed by atoms with van der Waals surface area (Å²) in [6.07, 6.45) is 1.88. The molecule has 0 aliphatic carbocycles. The number of benzene rings is 1. The largest absolute Gasteiger partial charge is 0.399 e. The average Bonchev–Trinajstić information content (AvgIpc) is 2.57. The van der Waals surface area contributed by atoms with Crippen molar-refractivity contribution in [3.05, 3.63) is 41.7 Å². The Hall–Kier alpha value is -1.97. The Morgan fingerprint density at radius 2 is 2.25 bits per heavy atom. The third-order valence-electron chi connectivity index (χ3n) is 2.71. The van der Waals surface area contributed by atoms with Gasteiger partial charge in [-0.05, 0) is 25.1 Å². The average molecular weight is 216 g/mol. The predicted octanol–water partition coefficient (Wildman–Crippen LogP) is 1.92. The highest BCUT2D eigenvalue weighted by Gasteiger charge is 2.02. The van der Waals surface area contributed by atoms with Gasteiger partial charge in [0.1, 0.15) is 0 Å². The molecule has 0 saturated heterocycles. The Balaban J connectivity index is 2.05. The zero-order valence-corrected chi connectivity index (χ0v) is 9.57. The number of hydrogen-bond acceptors (Lipinski definition) is 3. The molecule has 0 spiro atoms. The van der Waals surface area contributed by atoms with Crippen LogP contribution in [0.1, 0.15) is 11.3 Å². The summed E-state index contributed by atoms with van der Waals surface area (Å²) in [6.45, 7) is 2.83. The van der Waals surface area contributed by atoms with Crippen molar-refractivity contribution in [1.82, 2.24) is 9.78 Å². The first-order chi connectivity index (χ1) is 7.66. The van der Waals surface area contributed by atoms with Gasteiger partial charge in [-0.15, -0.1) is 0 Å². The van der Waals surface area contributed by atoms with Gasteiger partial charge in [0.05, 0.1) is 6.20 Å². The monoisotopic (exact) mass is 216 g/mol. The summed E-state index contributed by atoms with van der Waals surface area (Å²) in [5.41, 5.74) is 9.88. The number of nitrogens with two attached hydrogens (primary N) is 1. The summed E-state index contributed by atoms with van der Waals surface area (Å²) in [6, 6.07) is 7.74. The standard InChI is InChI=1S/C12H16N4/c1-9-10(8-15-16(9)2)7-14-12-5-3-4-11(13)6-12/h3-6,8,14H,7,13H2,1-2H3. The van der Waals surface area contributed by atoms with Crippen LogP contribution in [0, 0.1) is 6.92 Å². The third kappa shape index (κ3) is 2.16. The van der Waals surface area contributed by atoms with Crippen LogP contribution < -0.4 is 11.1 Å². The molecule has 0 aliphatic rings. The van der Waals surface area contributed by atoms with Gasteiger partial charge in [-0.1, -0.05) is 6.07 Å². The first-order valence-corrected chi connectivity index (χ1v) is 5.23.